The van der Waals surface area contributed by atoms with Crippen LogP contribution in [0, 0.1) is 0 Å². The molecule has 0 aliphatic heterocycles. The lowest BCUT2D eigenvalue weighted by Crippen LogP contribution is -2.18. The van der Waals surface area contributed by atoms with Crippen molar-refractivity contribution < 1.29 is 9.90 Å². The van der Waals surface area contributed by atoms with Gasteiger partial charge in [0.25, 0.3) is 0 Å². The summed E-state index contributed by atoms with van der Waals surface area (Å²) in [7, 11) is 0. The Morgan fingerprint density at radius 3 is 2.64 bits per heavy atom. The smallest absolute Gasteiger partial charge is 0.409 e. The fourth-order valence-corrected chi connectivity index (χ4v) is 0.484. The molecule has 0 bridgehead atoms. The van der Waals surface area contributed by atoms with Crippen LogP contribution in [-0.4, -0.2) is 11.2 Å². The molecule has 0 saturated heterocycles. The molecule has 0 aliphatic rings. The zero-order chi connectivity index (χ0) is 8.69. The van der Waals surface area contributed by atoms with Crippen LogP contribution in [0.3, 0.4) is 0 Å². The van der Waals surface area contributed by atoms with Crippen molar-refractivity contribution in [3.05, 3.63) is 36.6 Å². The van der Waals surface area contributed by atoms with Gasteiger partial charge in [-0.25, -0.2) is 4.79 Å². The van der Waals surface area contributed by atoms with Gasteiger partial charge in [0.15, 0.2) is 0 Å². The Hall–Kier alpha value is -1.51. The second-order valence-corrected chi connectivity index (χ2v) is 1.78. The molecule has 2 N–H and O–H groups in total. The highest BCUT2D eigenvalue weighted by molar-refractivity contribution is 5.67. The zero-order valence-electron chi connectivity index (χ0n) is 6.37. The average Bonchev–Trinajstić information content (AvgIpc) is 1.97. The van der Waals surface area contributed by atoms with Gasteiger partial charge in [0.05, 0.1) is 0 Å². The van der Waals surface area contributed by atoms with Gasteiger partial charge < -0.3 is 5.11 Å². The molecule has 0 unspecified atom stereocenters. The molecule has 3 nitrogen and oxygen atoms in total. The third-order valence-corrected chi connectivity index (χ3v) is 0.939. The van der Waals surface area contributed by atoms with E-state index in [1.165, 1.54) is 6.08 Å². The van der Waals surface area contributed by atoms with Crippen LogP contribution >= 0.6 is 0 Å². The topological polar surface area (TPSA) is 49.3 Å². The molecule has 3 heteroatoms. The molecule has 0 heterocycles. The number of carboxylic acid groups (broad SMARTS) is 1. The van der Waals surface area contributed by atoms with Crippen LogP contribution in [0.4, 0.5) is 4.79 Å². The van der Waals surface area contributed by atoms with E-state index in [9.17, 15) is 4.79 Å². The first kappa shape index (κ1) is 9.49. The summed E-state index contributed by atoms with van der Waals surface area (Å²) in [4.78, 5) is 10.1. The van der Waals surface area contributed by atoms with Crippen molar-refractivity contribution in [1.82, 2.24) is 5.32 Å². The minimum absolute atomic E-state index is 0.468. The van der Waals surface area contributed by atoms with Crippen LogP contribution in [0.25, 0.3) is 0 Å². The number of nitrogens with one attached hydrogen (secondary N) is 1. The van der Waals surface area contributed by atoms with Crippen LogP contribution < -0.4 is 5.32 Å². The van der Waals surface area contributed by atoms with Crippen molar-refractivity contribution in [3.8, 4) is 0 Å². The van der Waals surface area contributed by atoms with Crippen molar-refractivity contribution in [2.24, 2.45) is 0 Å². The number of allylic oxidation sites excluding steroid dienone is 4. The summed E-state index contributed by atoms with van der Waals surface area (Å²) in [5, 5.41) is 10.5. The van der Waals surface area contributed by atoms with Crippen LogP contribution in [0.2, 0.25) is 0 Å². The van der Waals surface area contributed by atoms with E-state index in [1.54, 1.807) is 18.2 Å². The summed E-state index contributed by atoms with van der Waals surface area (Å²) in [6.45, 7) is 5.28. The quantitative estimate of drug-likeness (QED) is 0.608. The Bertz CT molecular complexity index is 204. The molecule has 0 atom stereocenters. The van der Waals surface area contributed by atoms with Crippen molar-refractivity contribution in [2.75, 3.05) is 0 Å². The molecule has 0 aromatic rings. The van der Waals surface area contributed by atoms with E-state index in [0.29, 0.717) is 5.70 Å². The molecule has 11 heavy (non-hydrogen) atoms. The van der Waals surface area contributed by atoms with Crippen LogP contribution in [0.1, 0.15) is 6.92 Å². The summed E-state index contributed by atoms with van der Waals surface area (Å²) in [6.07, 6.45) is 5.51. The maximum Gasteiger partial charge on any atom is 0.409 e. The Kier molecular flexibility index (Phi) is 4.56. The van der Waals surface area contributed by atoms with Crippen molar-refractivity contribution in [1.29, 1.82) is 0 Å². The molecule has 0 rings (SSSR count). The second kappa shape index (κ2) is 5.29. The fraction of sp³-hybridized carbons (Fsp3) is 0.125. The molecule has 0 aliphatic carbocycles. The highest BCUT2D eigenvalue weighted by Crippen LogP contribution is 1.90. The number of rotatable bonds is 3. The second-order valence-electron chi connectivity index (χ2n) is 1.78. The Labute approximate surface area is 65.7 Å². The van der Waals surface area contributed by atoms with E-state index in [4.69, 9.17) is 5.11 Å². The lowest BCUT2D eigenvalue weighted by atomic mass is 10.3. The fourth-order valence-electron chi connectivity index (χ4n) is 0.484. The number of hydrogen-bond donors (Lipinski definition) is 2. The van der Waals surface area contributed by atoms with Crippen LogP contribution in [-0.2, 0) is 0 Å². The number of amides is 1. The van der Waals surface area contributed by atoms with Gasteiger partial charge in [0.2, 0.25) is 0 Å². The van der Waals surface area contributed by atoms with E-state index in [1.807, 2.05) is 6.92 Å². The molecule has 0 aromatic heterocycles. The monoisotopic (exact) mass is 153 g/mol. The predicted molar refractivity (Wildman–Crippen MR) is 44.3 cm³/mol. The Morgan fingerprint density at radius 1 is 1.64 bits per heavy atom. The highest BCUT2D eigenvalue weighted by atomic mass is 16.4. The lowest BCUT2D eigenvalue weighted by Gasteiger charge is -1.97. The molecule has 0 saturated carbocycles. The van der Waals surface area contributed by atoms with E-state index < -0.39 is 6.09 Å². The molecular formula is C8H11NO2. The first-order valence-electron chi connectivity index (χ1n) is 3.16. The van der Waals surface area contributed by atoms with E-state index in [-0.39, 0.29) is 0 Å². The van der Waals surface area contributed by atoms with Crippen molar-refractivity contribution in [3.63, 3.8) is 0 Å². The normalized spacial score (nSPS) is 11.5. The highest BCUT2D eigenvalue weighted by Gasteiger charge is 1.93. The summed E-state index contributed by atoms with van der Waals surface area (Å²) in [6, 6.07) is 0. The van der Waals surface area contributed by atoms with Crippen LogP contribution in [0.15, 0.2) is 36.6 Å². The number of hydrogen-bond acceptors (Lipinski definition) is 1. The van der Waals surface area contributed by atoms with E-state index in [0.717, 1.165) is 0 Å². The summed E-state index contributed by atoms with van der Waals surface area (Å²) < 4.78 is 0. The molecule has 1 amide bonds. The minimum atomic E-state index is -1.08. The third kappa shape index (κ3) is 4.96. The van der Waals surface area contributed by atoms with Crippen molar-refractivity contribution >= 4 is 6.09 Å². The first-order chi connectivity index (χ1) is 5.20. The van der Waals surface area contributed by atoms with Gasteiger partial charge >= 0.3 is 6.09 Å². The lowest BCUT2D eigenvalue weighted by molar-refractivity contribution is 0.198. The largest absolute Gasteiger partial charge is 0.465 e. The third-order valence-electron chi connectivity index (χ3n) is 0.939. The van der Waals surface area contributed by atoms with Gasteiger partial charge in [-0.15, -0.1) is 0 Å². The molecule has 0 radical (unpaired) electrons. The minimum Gasteiger partial charge on any atom is -0.465 e. The average molecular weight is 153 g/mol. The Morgan fingerprint density at radius 2 is 2.27 bits per heavy atom. The maximum absolute atomic E-state index is 10.1. The van der Waals surface area contributed by atoms with Gasteiger partial charge in [-0.1, -0.05) is 18.7 Å². The number of carbonyl (C=O) groups is 1. The van der Waals surface area contributed by atoms with Crippen molar-refractivity contribution in [2.45, 2.75) is 6.92 Å². The SMILES string of the molecule is C=CC(=CC=CC)NC(=O)O. The van der Waals surface area contributed by atoms with E-state index in [2.05, 4.69) is 11.9 Å². The van der Waals surface area contributed by atoms with E-state index >= 15 is 0 Å². The summed E-state index contributed by atoms with van der Waals surface area (Å²) in [5.74, 6) is 0. The summed E-state index contributed by atoms with van der Waals surface area (Å²) in [5.41, 5.74) is 0.468. The molecule has 60 valence electrons. The predicted octanol–water partition coefficient (Wildman–Crippen LogP) is 1.90. The molecular weight excluding hydrogens is 142 g/mol. The molecule has 0 spiro atoms. The van der Waals surface area contributed by atoms with Gasteiger partial charge in [0, 0.05) is 5.70 Å². The van der Waals surface area contributed by atoms with Gasteiger partial charge in [-0.2, -0.15) is 0 Å². The zero-order valence-corrected chi connectivity index (χ0v) is 6.37. The van der Waals surface area contributed by atoms with Gasteiger partial charge in [-0.3, -0.25) is 5.32 Å². The van der Waals surface area contributed by atoms with Gasteiger partial charge in [0.1, 0.15) is 0 Å². The summed E-state index contributed by atoms with van der Waals surface area (Å²) >= 11 is 0. The Balaban J connectivity index is 4.15. The molecule has 0 aromatic carbocycles. The molecule has 0 fully saturated rings. The van der Waals surface area contributed by atoms with Crippen LogP contribution in [0.5, 0.6) is 0 Å². The first-order valence-corrected chi connectivity index (χ1v) is 3.16. The maximum atomic E-state index is 10.1. The standard InChI is InChI=1S/C8H11NO2/c1-3-5-6-7(4-2)9-8(10)11/h3-6,9H,2H2,1H3,(H,10,11). The van der Waals surface area contributed by atoms with Gasteiger partial charge in [-0.05, 0) is 19.1 Å².